The number of nitrogens with one attached hydrogen (secondary N) is 1. The molecule has 0 bridgehead atoms. The van der Waals surface area contributed by atoms with E-state index < -0.39 is 0 Å². The van der Waals surface area contributed by atoms with Crippen molar-refractivity contribution in [1.29, 1.82) is 5.26 Å². The third kappa shape index (κ3) is 9.45. The van der Waals surface area contributed by atoms with E-state index in [0.29, 0.717) is 11.8 Å². The van der Waals surface area contributed by atoms with Crippen LogP contribution < -0.4 is 5.32 Å². The van der Waals surface area contributed by atoms with Crippen molar-refractivity contribution in [2.75, 3.05) is 13.1 Å². The Morgan fingerprint density at radius 3 is 2.36 bits per heavy atom. The molecule has 0 radical (unpaired) electrons. The van der Waals surface area contributed by atoms with Gasteiger partial charge in [-0.2, -0.15) is 5.26 Å². The van der Waals surface area contributed by atoms with E-state index in [1.165, 1.54) is 6.42 Å². The minimum absolute atomic E-state index is 0.402. The van der Waals surface area contributed by atoms with Crippen LogP contribution in [0.2, 0.25) is 0 Å². The highest BCUT2D eigenvalue weighted by Gasteiger charge is 2.08. The largest absolute Gasteiger partial charge is 0.316 e. The van der Waals surface area contributed by atoms with E-state index in [1.807, 2.05) is 0 Å². The smallest absolute Gasteiger partial charge is 0.0635 e. The van der Waals surface area contributed by atoms with E-state index in [4.69, 9.17) is 5.26 Å². The summed E-state index contributed by atoms with van der Waals surface area (Å²) in [5.41, 5.74) is 0.402. The number of hydrogen-bond acceptors (Lipinski definition) is 2. The average Bonchev–Trinajstić information content (AvgIpc) is 1.85. The van der Waals surface area contributed by atoms with Gasteiger partial charge in [-0.25, -0.2) is 0 Å². The molecule has 0 saturated carbocycles. The second-order valence-corrected chi connectivity index (χ2v) is 3.97. The van der Waals surface area contributed by atoms with Crippen LogP contribution in [0.25, 0.3) is 0 Å². The molecule has 0 aromatic rings. The first-order valence-corrected chi connectivity index (χ1v) is 4.14. The van der Waals surface area contributed by atoms with Crippen LogP contribution in [0, 0.1) is 16.7 Å². The Labute approximate surface area is 69.6 Å². The van der Waals surface area contributed by atoms with Gasteiger partial charge in [-0.3, -0.25) is 0 Å². The Bertz CT molecular complexity index is 127. The van der Waals surface area contributed by atoms with Crippen molar-refractivity contribution in [1.82, 2.24) is 5.32 Å². The Morgan fingerprint density at radius 1 is 1.27 bits per heavy atom. The molecule has 0 spiro atoms. The normalized spacial score (nSPS) is 11.1. The summed E-state index contributed by atoms with van der Waals surface area (Å²) in [6, 6.07) is 2.10. The fourth-order valence-electron chi connectivity index (χ4n) is 0.733. The highest BCUT2D eigenvalue weighted by Crippen LogP contribution is 2.16. The van der Waals surface area contributed by atoms with E-state index in [0.717, 1.165) is 13.1 Å². The number of nitrogens with zero attached hydrogens (tertiary/aromatic N) is 1. The van der Waals surface area contributed by atoms with Gasteiger partial charge < -0.3 is 5.32 Å². The molecule has 0 rings (SSSR count). The van der Waals surface area contributed by atoms with Gasteiger partial charge in [0.2, 0.25) is 0 Å². The van der Waals surface area contributed by atoms with E-state index in [2.05, 4.69) is 32.2 Å². The number of nitriles is 1. The molecule has 11 heavy (non-hydrogen) atoms. The lowest BCUT2D eigenvalue weighted by atomic mass is 9.92. The Hall–Kier alpha value is -0.550. The van der Waals surface area contributed by atoms with Crippen molar-refractivity contribution in [3.05, 3.63) is 0 Å². The molecule has 1 N–H and O–H groups in total. The fourth-order valence-corrected chi connectivity index (χ4v) is 0.733. The van der Waals surface area contributed by atoms with Gasteiger partial charge in [-0.1, -0.05) is 20.8 Å². The van der Waals surface area contributed by atoms with Crippen molar-refractivity contribution in [2.45, 2.75) is 33.6 Å². The molecule has 0 amide bonds. The summed E-state index contributed by atoms with van der Waals surface area (Å²) in [5.74, 6) is 0. The standard InChI is InChI=1S/C9H18N2/c1-9(2,3)5-8-11-7-4-6-10/h11H,4-5,7-8H2,1-3H3. The van der Waals surface area contributed by atoms with Crippen molar-refractivity contribution in [3.8, 4) is 6.07 Å². The van der Waals surface area contributed by atoms with E-state index in [9.17, 15) is 0 Å². The topological polar surface area (TPSA) is 35.8 Å². The Balaban J connectivity index is 3.10. The van der Waals surface area contributed by atoms with Gasteiger partial charge in [-0.15, -0.1) is 0 Å². The zero-order chi connectivity index (χ0) is 8.74. The molecule has 0 unspecified atom stereocenters. The van der Waals surface area contributed by atoms with Crippen LogP contribution >= 0.6 is 0 Å². The summed E-state index contributed by atoms with van der Waals surface area (Å²) in [6.45, 7) is 8.51. The van der Waals surface area contributed by atoms with E-state index in [1.54, 1.807) is 0 Å². The zero-order valence-electron chi connectivity index (χ0n) is 7.78. The molecule has 2 heteroatoms. The van der Waals surface area contributed by atoms with Crippen LogP contribution in [0.3, 0.4) is 0 Å². The Kier molecular flexibility index (Phi) is 4.89. The van der Waals surface area contributed by atoms with Crippen LogP contribution in [0.1, 0.15) is 33.6 Å². The lowest BCUT2D eigenvalue weighted by molar-refractivity contribution is 0.368. The monoisotopic (exact) mass is 154 g/mol. The third-order valence-electron chi connectivity index (χ3n) is 1.47. The third-order valence-corrected chi connectivity index (χ3v) is 1.47. The van der Waals surface area contributed by atoms with Crippen LogP contribution in [-0.2, 0) is 0 Å². The Morgan fingerprint density at radius 2 is 1.91 bits per heavy atom. The van der Waals surface area contributed by atoms with Crippen molar-refractivity contribution < 1.29 is 0 Å². The quantitative estimate of drug-likeness (QED) is 0.628. The van der Waals surface area contributed by atoms with Crippen LogP contribution in [0.15, 0.2) is 0 Å². The van der Waals surface area contributed by atoms with Crippen LogP contribution in [0.5, 0.6) is 0 Å². The summed E-state index contributed by atoms with van der Waals surface area (Å²) in [7, 11) is 0. The molecule has 0 heterocycles. The van der Waals surface area contributed by atoms with E-state index in [-0.39, 0.29) is 0 Å². The maximum atomic E-state index is 8.24. The van der Waals surface area contributed by atoms with Crippen molar-refractivity contribution in [2.24, 2.45) is 5.41 Å². The number of hydrogen-bond donors (Lipinski definition) is 1. The SMILES string of the molecule is CC(C)(C)CCNCCC#N. The summed E-state index contributed by atoms with van der Waals surface area (Å²) >= 11 is 0. The van der Waals surface area contributed by atoms with Crippen LogP contribution in [0.4, 0.5) is 0 Å². The molecule has 0 aromatic carbocycles. The molecule has 0 aliphatic rings. The van der Waals surface area contributed by atoms with Gasteiger partial charge >= 0.3 is 0 Å². The van der Waals surface area contributed by atoms with Gasteiger partial charge in [0.1, 0.15) is 0 Å². The van der Waals surface area contributed by atoms with Crippen LogP contribution in [-0.4, -0.2) is 13.1 Å². The van der Waals surface area contributed by atoms with Gasteiger partial charge in [0.25, 0.3) is 0 Å². The average molecular weight is 154 g/mol. The first-order chi connectivity index (χ1) is 5.06. The molecule has 2 nitrogen and oxygen atoms in total. The zero-order valence-corrected chi connectivity index (χ0v) is 7.78. The molecule has 0 fully saturated rings. The molecule has 0 atom stereocenters. The minimum atomic E-state index is 0.402. The fraction of sp³-hybridized carbons (Fsp3) is 0.889. The lowest BCUT2D eigenvalue weighted by Gasteiger charge is -2.17. The van der Waals surface area contributed by atoms with Gasteiger partial charge in [0.15, 0.2) is 0 Å². The molecular weight excluding hydrogens is 136 g/mol. The second-order valence-electron chi connectivity index (χ2n) is 3.97. The first kappa shape index (κ1) is 10.4. The highest BCUT2D eigenvalue weighted by atomic mass is 14.8. The number of rotatable bonds is 4. The predicted octanol–water partition coefficient (Wildman–Crippen LogP) is 1.93. The van der Waals surface area contributed by atoms with Gasteiger partial charge in [-0.05, 0) is 18.4 Å². The molecule has 0 saturated heterocycles. The maximum absolute atomic E-state index is 8.24. The molecule has 64 valence electrons. The summed E-state index contributed by atoms with van der Waals surface area (Å²) < 4.78 is 0. The maximum Gasteiger partial charge on any atom is 0.0635 e. The van der Waals surface area contributed by atoms with Gasteiger partial charge in [0, 0.05) is 13.0 Å². The van der Waals surface area contributed by atoms with Crippen molar-refractivity contribution in [3.63, 3.8) is 0 Å². The second kappa shape index (κ2) is 5.15. The minimum Gasteiger partial charge on any atom is -0.316 e. The summed E-state index contributed by atoms with van der Waals surface area (Å²) in [5, 5.41) is 11.5. The lowest BCUT2D eigenvalue weighted by Crippen LogP contribution is -2.21. The molecule has 0 aliphatic carbocycles. The summed E-state index contributed by atoms with van der Waals surface area (Å²) in [6.07, 6.45) is 1.78. The van der Waals surface area contributed by atoms with Gasteiger partial charge in [0.05, 0.1) is 6.07 Å². The predicted molar refractivity (Wildman–Crippen MR) is 47.2 cm³/mol. The van der Waals surface area contributed by atoms with Crippen molar-refractivity contribution >= 4 is 0 Å². The first-order valence-electron chi connectivity index (χ1n) is 4.14. The summed E-state index contributed by atoms with van der Waals surface area (Å²) in [4.78, 5) is 0. The molecular formula is C9H18N2. The highest BCUT2D eigenvalue weighted by molar-refractivity contribution is 4.70. The molecule has 0 aromatic heterocycles. The molecule has 0 aliphatic heterocycles. The van der Waals surface area contributed by atoms with E-state index >= 15 is 0 Å².